The first-order valence-electron chi connectivity index (χ1n) is 7.00. The number of rotatable bonds is 8. The number of amides is 1. The van der Waals surface area contributed by atoms with Gasteiger partial charge in [-0.05, 0) is 32.8 Å². The van der Waals surface area contributed by atoms with Gasteiger partial charge in [-0.3, -0.25) is 4.79 Å². The summed E-state index contributed by atoms with van der Waals surface area (Å²) in [5, 5.41) is 14.4. The summed E-state index contributed by atoms with van der Waals surface area (Å²) >= 11 is 0. The van der Waals surface area contributed by atoms with E-state index in [1.807, 2.05) is 19.9 Å². The summed E-state index contributed by atoms with van der Waals surface area (Å²) in [5.41, 5.74) is 1.77. The number of carbonyl (C=O) groups is 2. The fraction of sp³-hybridized carbons (Fsp3) is 0.571. The number of nitrogens with zero attached hydrogens (tertiary/aromatic N) is 2. The normalized spacial score (nSPS) is 11.8. The molecule has 0 aliphatic rings. The molecule has 0 aromatic carbocycles. The highest BCUT2D eigenvalue weighted by atomic mass is 16.4. The molecule has 7 heteroatoms. The molecular formula is C14H22N4O3. The number of nitrogens with one attached hydrogen (secondary N) is 2. The van der Waals surface area contributed by atoms with E-state index in [1.54, 1.807) is 6.92 Å². The molecule has 0 spiro atoms. The molecule has 0 saturated carbocycles. The van der Waals surface area contributed by atoms with Gasteiger partial charge in [-0.25, -0.2) is 14.8 Å². The van der Waals surface area contributed by atoms with E-state index < -0.39 is 12.0 Å². The Morgan fingerprint density at radius 2 is 1.90 bits per heavy atom. The minimum absolute atomic E-state index is 0.257. The lowest BCUT2D eigenvalue weighted by molar-refractivity contribution is -0.141. The molecule has 0 aliphatic carbocycles. The Balaban J connectivity index is 2.30. The van der Waals surface area contributed by atoms with Crippen molar-refractivity contribution >= 4 is 17.8 Å². The number of hydrogen-bond donors (Lipinski definition) is 3. The van der Waals surface area contributed by atoms with Crippen LogP contribution in [0.5, 0.6) is 0 Å². The number of aliphatic carboxylic acids is 1. The molecule has 1 amide bonds. The van der Waals surface area contributed by atoms with E-state index in [2.05, 4.69) is 20.6 Å². The average molecular weight is 294 g/mol. The van der Waals surface area contributed by atoms with Crippen molar-refractivity contribution in [1.82, 2.24) is 15.3 Å². The van der Waals surface area contributed by atoms with E-state index >= 15 is 0 Å². The molecule has 1 rings (SSSR count). The maximum atomic E-state index is 11.6. The molecular weight excluding hydrogens is 272 g/mol. The van der Waals surface area contributed by atoms with E-state index in [1.165, 1.54) is 0 Å². The highest BCUT2D eigenvalue weighted by molar-refractivity contribution is 5.83. The maximum absolute atomic E-state index is 11.6. The highest BCUT2D eigenvalue weighted by Crippen LogP contribution is 2.04. The second-order valence-corrected chi connectivity index (χ2v) is 4.87. The Bertz CT molecular complexity index is 485. The van der Waals surface area contributed by atoms with Crippen molar-refractivity contribution in [2.75, 3.05) is 11.9 Å². The van der Waals surface area contributed by atoms with Gasteiger partial charge < -0.3 is 15.7 Å². The van der Waals surface area contributed by atoms with Crippen LogP contribution < -0.4 is 10.6 Å². The molecule has 1 atom stereocenters. The lowest BCUT2D eigenvalue weighted by Gasteiger charge is -2.12. The molecule has 21 heavy (non-hydrogen) atoms. The van der Waals surface area contributed by atoms with Crippen LogP contribution in [0.25, 0.3) is 0 Å². The largest absolute Gasteiger partial charge is 0.480 e. The topological polar surface area (TPSA) is 104 Å². The summed E-state index contributed by atoms with van der Waals surface area (Å²) in [6.07, 6.45) is 1.22. The van der Waals surface area contributed by atoms with Crippen LogP contribution in [0.15, 0.2) is 6.07 Å². The Morgan fingerprint density at radius 3 is 2.43 bits per heavy atom. The summed E-state index contributed by atoms with van der Waals surface area (Å²) in [5.74, 6) is -0.718. The lowest BCUT2D eigenvalue weighted by Crippen LogP contribution is -2.40. The van der Waals surface area contributed by atoms with Crippen LogP contribution in [0.1, 0.15) is 37.6 Å². The van der Waals surface area contributed by atoms with Gasteiger partial charge in [0.1, 0.15) is 6.04 Å². The molecule has 1 aromatic heterocycles. The number of carboxylic acid groups (broad SMARTS) is 1. The quantitative estimate of drug-likeness (QED) is 0.624. The van der Waals surface area contributed by atoms with E-state index in [0.29, 0.717) is 25.3 Å². The van der Waals surface area contributed by atoms with Crippen LogP contribution in [-0.4, -0.2) is 39.5 Å². The van der Waals surface area contributed by atoms with Gasteiger partial charge in [0, 0.05) is 24.4 Å². The first kappa shape index (κ1) is 16.9. The molecule has 7 nitrogen and oxygen atoms in total. The van der Waals surface area contributed by atoms with Gasteiger partial charge in [-0.2, -0.15) is 0 Å². The molecule has 3 N–H and O–H groups in total. The average Bonchev–Trinajstić information content (AvgIpc) is 2.39. The van der Waals surface area contributed by atoms with Crippen LogP contribution in [0, 0.1) is 13.8 Å². The second kappa shape index (κ2) is 8.18. The van der Waals surface area contributed by atoms with Gasteiger partial charge in [0.25, 0.3) is 0 Å². The minimum atomic E-state index is -1.01. The smallest absolute Gasteiger partial charge is 0.326 e. The number of carbonyl (C=O) groups excluding carboxylic acids is 1. The van der Waals surface area contributed by atoms with Gasteiger partial charge in [-0.1, -0.05) is 6.92 Å². The van der Waals surface area contributed by atoms with Crippen molar-refractivity contribution in [3.63, 3.8) is 0 Å². The van der Waals surface area contributed by atoms with Crippen molar-refractivity contribution in [3.05, 3.63) is 17.5 Å². The summed E-state index contributed by atoms with van der Waals surface area (Å²) in [4.78, 5) is 30.9. The summed E-state index contributed by atoms with van der Waals surface area (Å²) in [7, 11) is 0. The van der Waals surface area contributed by atoms with E-state index in [9.17, 15) is 9.59 Å². The number of hydrogen-bond acceptors (Lipinski definition) is 5. The number of aromatic nitrogens is 2. The van der Waals surface area contributed by atoms with Gasteiger partial charge in [0.15, 0.2) is 0 Å². The molecule has 1 heterocycles. The molecule has 0 fully saturated rings. The van der Waals surface area contributed by atoms with Gasteiger partial charge in [0.2, 0.25) is 11.9 Å². The van der Waals surface area contributed by atoms with E-state index in [0.717, 1.165) is 11.4 Å². The Kier molecular flexibility index (Phi) is 6.58. The predicted octanol–water partition coefficient (Wildman–Crippen LogP) is 1.26. The SMILES string of the molecule is CCC(NC(=O)CCCNc1nc(C)cc(C)n1)C(=O)O. The zero-order chi connectivity index (χ0) is 15.8. The van der Waals surface area contributed by atoms with Crippen molar-refractivity contribution in [2.24, 2.45) is 0 Å². The molecule has 0 saturated heterocycles. The van der Waals surface area contributed by atoms with Crippen molar-refractivity contribution in [1.29, 1.82) is 0 Å². The second-order valence-electron chi connectivity index (χ2n) is 4.87. The summed E-state index contributed by atoms with van der Waals surface area (Å²) < 4.78 is 0. The third-order valence-electron chi connectivity index (χ3n) is 2.89. The number of carboxylic acids is 1. The highest BCUT2D eigenvalue weighted by Gasteiger charge is 2.16. The maximum Gasteiger partial charge on any atom is 0.326 e. The molecule has 1 aromatic rings. The lowest BCUT2D eigenvalue weighted by atomic mass is 10.2. The molecule has 0 aliphatic heterocycles. The molecule has 1 unspecified atom stereocenters. The van der Waals surface area contributed by atoms with Crippen LogP contribution in [-0.2, 0) is 9.59 Å². The Labute approximate surface area is 124 Å². The number of aryl methyl sites for hydroxylation is 2. The van der Waals surface area contributed by atoms with Gasteiger partial charge in [0.05, 0.1) is 0 Å². The van der Waals surface area contributed by atoms with Gasteiger partial charge in [-0.15, -0.1) is 0 Å². The first-order valence-corrected chi connectivity index (χ1v) is 7.00. The third kappa shape index (κ3) is 6.20. The summed E-state index contributed by atoms with van der Waals surface area (Å²) in [6.45, 7) is 6.06. The van der Waals surface area contributed by atoms with Crippen LogP contribution in [0.2, 0.25) is 0 Å². The first-order chi connectivity index (χ1) is 9.92. The van der Waals surface area contributed by atoms with Gasteiger partial charge >= 0.3 is 5.97 Å². The fourth-order valence-electron chi connectivity index (χ4n) is 1.86. The van der Waals surface area contributed by atoms with Crippen LogP contribution in [0.4, 0.5) is 5.95 Å². The van der Waals surface area contributed by atoms with Crippen molar-refractivity contribution in [2.45, 2.75) is 46.1 Å². The minimum Gasteiger partial charge on any atom is -0.480 e. The standard InChI is InChI=1S/C14H22N4O3/c1-4-11(13(20)21)18-12(19)6-5-7-15-14-16-9(2)8-10(3)17-14/h8,11H,4-7H2,1-3H3,(H,18,19)(H,20,21)(H,15,16,17). The van der Waals surface area contributed by atoms with Crippen LogP contribution >= 0.6 is 0 Å². The Morgan fingerprint density at radius 1 is 1.29 bits per heavy atom. The summed E-state index contributed by atoms with van der Waals surface area (Å²) in [6, 6.07) is 1.07. The van der Waals surface area contributed by atoms with Crippen molar-refractivity contribution < 1.29 is 14.7 Å². The third-order valence-corrected chi connectivity index (χ3v) is 2.89. The molecule has 0 bridgehead atoms. The molecule has 0 radical (unpaired) electrons. The zero-order valence-electron chi connectivity index (χ0n) is 12.6. The zero-order valence-corrected chi connectivity index (χ0v) is 12.6. The molecule has 116 valence electrons. The van der Waals surface area contributed by atoms with Crippen molar-refractivity contribution in [3.8, 4) is 0 Å². The predicted molar refractivity (Wildman–Crippen MR) is 79.1 cm³/mol. The fourth-order valence-corrected chi connectivity index (χ4v) is 1.86. The number of anilines is 1. The van der Waals surface area contributed by atoms with Crippen LogP contribution in [0.3, 0.4) is 0 Å². The van der Waals surface area contributed by atoms with E-state index in [-0.39, 0.29) is 12.3 Å². The van der Waals surface area contributed by atoms with E-state index in [4.69, 9.17) is 5.11 Å². The Hall–Kier alpha value is -2.18. The monoisotopic (exact) mass is 294 g/mol.